The number of nitro benzene ring substituents is 1. The molecule has 0 saturated heterocycles. The van der Waals surface area contributed by atoms with Crippen LogP contribution in [-0.2, 0) is 14.3 Å². The highest BCUT2D eigenvalue weighted by Crippen LogP contribution is 2.36. The number of hydrogen-bond donors (Lipinski definition) is 0. The number of esters is 1. The summed E-state index contributed by atoms with van der Waals surface area (Å²) in [7, 11) is 0. The molecular weight excluding hydrogens is 508 g/mol. The van der Waals surface area contributed by atoms with Crippen molar-refractivity contribution in [1.82, 2.24) is 4.57 Å². The number of ether oxygens (including phenoxy) is 1. The number of anilines is 1. The summed E-state index contributed by atoms with van der Waals surface area (Å²) in [4.78, 5) is 58.2. The predicted octanol–water partition coefficient (Wildman–Crippen LogP) is 2.83. The van der Waals surface area contributed by atoms with Crippen molar-refractivity contribution in [2.45, 2.75) is 33.2 Å². The lowest BCUT2D eigenvalue weighted by Gasteiger charge is -2.24. The van der Waals surface area contributed by atoms with Crippen LogP contribution in [0.2, 0.25) is 0 Å². The Kier molecular flexibility index (Phi) is 6.53. The van der Waals surface area contributed by atoms with Crippen LogP contribution in [0.3, 0.4) is 0 Å². The van der Waals surface area contributed by atoms with Gasteiger partial charge in [-0.25, -0.2) is 9.79 Å². The van der Waals surface area contributed by atoms with Gasteiger partial charge in [-0.3, -0.25) is 24.3 Å². The zero-order valence-electron chi connectivity index (χ0n) is 21.0. The molecule has 0 spiro atoms. The van der Waals surface area contributed by atoms with Crippen molar-refractivity contribution in [3.8, 4) is 0 Å². The lowest BCUT2D eigenvalue weighted by molar-refractivity contribution is -0.384. The molecule has 5 rings (SSSR count). The van der Waals surface area contributed by atoms with Crippen LogP contribution in [0.4, 0.5) is 11.4 Å². The van der Waals surface area contributed by atoms with E-state index in [2.05, 4.69) is 4.99 Å². The van der Waals surface area contributed by atoms with Gasteiger partial charge < -0.3 is 9.64 Å². The molecule has 11 heteroatoms. The van der Waals surface area contributed by atoms with Crippen molar-refractivity contribution in [3.05, 3.63) is 101 Å². The van der Waals surface area contributed by atoms with Gasteiger partial charge in [0.2, 0.25) is 0 Å². The molecule has 0 fully saturated rings. The molecule has 0 N–H and O–H groups in total. The number of rotatable bonds is 6. The summed E-state index contributed by atoms with van der Waals surface area (Å²) in [6, 6.07) is 12.1. The van der Waals surface area contributed by atoms with E-state index in [0.717, 1.165) is 23.4 Å². The summed E-state index contributed by atoms with van der Waals surface area (Å²) in [5.74, 6) is -0.939. The first-order chi connectivity index (χ1) is 18.3. The molecule has 2 aliphatic rings. The number of para-hydroxylation sites is 1. The Morgan fingerprint density at radius 1 is 1.16 bits per heavy atom. The van der Waals surface area contributed by atoms with E-state index in [9.17, 15) is 24.5 Å². The molecule has 0 bridgehead atoms. The smallest absolute Gasteiger partial charge is 0.338 e. The molecule has 2 aromatic carbocycles. The Morgan fingerprint density at radius 2 is 1.92 bits per heavy atom. The van der Waals surface area contributed by atoms with Gasteiger partial charge in [-0.2, -0.15) is 0 Å². The fourth-order valence-corrected chi connectivity index (χ4v) is 6.05. The number of carbonyl (C=O) groups excluding carboxylic acids is 2. The number of amides is 1. The molecule has 1 aromatic heterocycles. The van der Waals surface area contributed by atoms with Crippen LogP contribution >= 0.6 is 11.3 Å². The summed E-state index contributed by atoms with van der Waals surface area (Å²) < 4.78 is 6.82. The molecule has 38 heavy (non-hydrogen) atoms. The Morgan fingerprint density at radius 3 is 2.63 bits per heavy atom. The van der Waals surface area contributed by atoms with Crippen molar-refractivity contribution in [1.29, 1.82) is 0 Å². The molecule has 0 unspecified atom stereocenters. The Bertz CT molecular complexity index is 1720. The van der Waals surface area contributed by atoms with E-state index in [1.807, 2.05) is 31.2 Å². The normalized spacial score (nSPS) is 17.7. The minimum Gasteiger partial charge on any atom is -0.463 e. The number of non-ortho nitro benzene ring substituents is 1. The second-order valence-corrected chi connectivity index (χ2v) is 9.80. The van der Waals surface area contributed by atoms with Gasteiger partial charge in [0.15, 0.2) is 4.80 Å². The van der Waals surface area contributed by atoms with Crippen molar-refractivity contribution >= 4 is 40.2 Å². The number of aromatic nitrogens is 1. The fourth-order valence-electron chi connectivity index (χ4n) is 4.91. The van der Waals surface area contributed by atoms with E-state index in [4.69, 9.17) is 4.74 Å². The third kappa shape index (κ3) is 3.95. The fraction of sp³-hybridized carbons (Fsp3) is 0.259. The first-order valence-electron chi connectivity index (χ1n) is 12.2. The van der Waals surface area contributed by atoms with E-state index < -0.39 is 22.5 Å². The minimum absolute atomic E-state index is 0.102. The number of allylic oxidation sites excluding steroid dienone is 1. The number of benzene rings is 2. The van der Waals surface area contributed by atoms with Crippen LogP contribution in [0.25, 0.3) is 5.57 Å². The van der Waals surface area contributed by atoms with Crippen molar-refractivity contribution in [3.63, 3.8) is 0 Å². The van der Waals surface area contributed by atoms with Crippen molar-refractivity contribution in [2.24, 2.45) is 4.99 Å². The number of nitro groups is 1. The highest BCUT2D eigenvalue weighted by atomic mass is 32.1. The largest absolute Gasteiger partial charge is 0.463 e. The van der Waals surface area contributed by atoms with Gasteiger partial charge in [-0.05, 0) is 31.9 Å². The van der Waals surface area contributed by atoms with Gasteiger partial charge in [0.1, 0.15) is 4.53 Å². The molecular formula is C27H24N4O6S. The zero-order chi connectivity index (χ0) is 27.1. The second kappa shape index (κ2) is 9.82. The summed E-state index contributed by atoms with van der Waals surface area (Å²) >= 11 is 1.07. The molecule has 2 aliphatic heterocycles. The van der Waals surface area contributed by atoms with Crippen molar-refractivity contribution in [2.75, 3.05) is 18.1 Å². The predicted molar refractivity (Wildman–Crippen MR) is 142 cm³/mol. The van der Waals surface area contributed by atoms with Gasteiger partial charge in [0.25, 0.3) is 17.2 Å². The minimum atomic E-state index is -1.02. The monoisotopic (exact) mass is 532 g/mol. The molecule has 3 heterocycles. The van der Waals surface area contributed by atoms with E-state index in [-0.39, 0.29) is 33.9 Å². The average molecular weight is 533 g/mol. The third-order valence-corrected chi connectivity index (χ3v) is 7.54. The summed E-state index contributed by atoms with van der Waals surface area (Å²) in [5, 5.41) is 11.5. The lowest BCUT2D eigenvalue weighted by atomic mass is 9.95. The maximum atomic E-state index is 14.1. The molecule has 0 saturated carbocycles. The topological polar surface area (TPSA) is 124 Å². The Hall–Kier alpha value is -4.38. The average Bonchev–Trinajstić information content (AvgIpc) is 3.36. The number of carbonyl (C=O) groups is 2. The van der Waals surface area contributed by atoms with Gasteiger partial charge in [0.05, 0.1) is 40.1 Å². The Labute approximate surface area is 221 Å². The van der Waals surface area contributed by atoms with E-state index in [0.29, 0.717) is 28.2 Å². The quantitative estimate of drug-likeness (QED) is 0.273. The van der Waals surface area contributed by atoms with Crippen LogP contribution in [0, 0.1) is 10.1 Å². The standard InChI is InChI=1S/C27H24N4O6S/c1-4-13-29-19-12-7-6-11-18(19)21(24(29)32)23-25(33)30-22(16-9-8-10-17(14-16)31(35)36)20(26(34)37-5-2)15(3)28-27(30)38-23/h6-12,14,22H,4-5,13H2,1-3H3/b23-21-/t22-/m1/s1. The number of hydrogen-bond acceptors (Lipinski definition) is 8. The zero-order valence-corrected chi connectivity index (χ0v) is 21.8. The van der Waals surface area contributed by atoms with Crippen LogP contribution in [0.15, 0.2) is 69.6 Å². The summed E-state index contributed by atoms with van der Waals surface area (Å²) in [6.45, 7) is 5.87. The van der Waals surface area contributed by atoms with Crippen LogP contribution in [-0.4, -0.2) is 34.5 Å². The second-order valence-electron chi connectivity index (χ2n) is 8.82. The van der Waals surface area contributed by atoms with E-state index in [1.54, 1.807) is 24.8 Å². The highest BCUT2D eigenvalue weighted by molar-refractivity contribution is 7.07. The van der Waals surface area contributed by atoms with Gasteiger partial charge in [-0.15, -0.1) is 0 Å². The maximum absolute atomic E-state index is 14.1. The third-order valence-electron chi connectivity index (χ3n) is 6.49. The van der Waals surface area contributed by atoms with E-state index >= 15 is 0 Å². The lowest BCUT2D eigenvalue weighted by Crippen LogP contribution is -2.41. The number of fused-ring (bicyclic) bond motifs is 2. The summed E-state index contributed by atoms with van der Waals surface area (Å²) in [5.41, 5.74) is 1.81. The van der Waals surface area contributed by atoms with Crippen LogP contribution < -0.4 is 19.8 Å². The molecule has 0 aliphatic carbocycles. The SMILES string of the molecule is CCCN1C(=O)/C(=c2\sc3n(c2=O)[C@H](c2cccc([N+](=O)[O-])c2)C(C(=O)OCC)=C(C)N=3)c2ccccc21. The number of nitrogens with zero attached hydrogens (tertiary/aromatic N) is 4. The molecule has 0 radical (unpaired) electrons. The van der Waals surface area contributed by atoms with Crippen molar-refractivity contribution < 1.29 is 19.2 Å². The van der Waals surface area contributed by atoms with Crippen LogP contribution in [0.5, 0.6) is 0 Å². The maximum Gasteiger partial charge on any atom is 0.338 e. The van der Waals surface area contributed by atoms with Gasteiger partial charge in [-0.1, -0.05) is 48.6 Å². The summed E-state index contributed by atoms with van der Waals surface area (Å²) in [6.07, 6.45) is 0.740. The molecule has 1 atom stereocenters. The first-order valence-corrected chi connectivity index (χ1v) is 13.0. The van der Waals surface area contributed by atoms with E-state index in [1.165, 1.54) is 22.8 Å². The molecule has 1 amide bonds. The Balaban J connectivity index is 1.82. The molecule has 10 nitrogen and oxygen atoms in total. The molecule has 194 valence electrons. The first kappa shape index (κ1) is 25.3. The van der Waals surface area contributed by atoms with Gasteiger partial charge >= 0.3 is 5.97 Å². The number of thiazole rings is 1. The molecule has 3 aromatic rings. The van der Waals surface area contributed by atoms with Gasteiger partial charge in [0, 0.05) is 24.2 Å². The highest BCUT2D eigenvalue weighted by Gasteiger charge is 2.37. The van der Waals surface area contributed by atoms with Crippen LogP contribution in [0.1, 0.15) is 44.4 Å².